The highest BCUT2D eigenvalue weighted by molar-refractivity contribution is 4.85. The second kappa shape index (κ2) is 5.66. The molecule has 0 aromatic rings. The highest BCUT2D eigenvalue weighted by atomic mass is 16.3. The Morgan fingerprint density at radius 3 is 2.57 bits per heavy atom. The Labute approximate surface area is 85.2 Å². The summed E-state index contributed by atoms with van der Waals surface area (Å²) in [5.41, 5.74) is 0. The number of likely N-dealkylation sites (tertiary alicyclic amines) is 1. The van der Waals surface area contributed by atoms with Crippen LogP contribution in [0, 0.1) is 5.92 Å². The van der Waals surface area contributed by atoms with Crippen LogP contribution in [0.15, 0.2) is 0 Å². The molecule has 1 fully saturated rings. The van der Waals surface area contributed by atoms with Crippen LogP contribution in [-0.4, -0.2) is 58.7 Å². The number of hydrogen-bond acceptors (Lipinski definition) is 4. The number of hydrogen-bond donors (Lipinski definition) is 3. The molecule has 0 aromatic heterocycles. The minimum absolute atomic E-state index is 0.0547. The highest BCUT2D eigenvalue weighted by Gasteiger charge is 2.33. The summed E-state index contributed by atoms with van der Waals surface area (Å²) in [6, 6.07) is 0. The van der Waals surface area contributed by atoms with E-state index in [0.29, 0.717) is 13.1 Å². The molecule has 4 heteroatoms. The number of unbranched alkanes of at least 4 members (excludes halogenated alkanes) is 1. The lowest BCUT2D eigenvalue weighted by Crippen LogP contribution is -2.53. The van der Waals surface area contributed by atoms with E-state index in [1.165, 1.54) is 0 Å². The van der Waals surface area contributed by atoms with Gasteiger partial charge in [0.2, 0.25) is 0 Å². The van der Waals surface area contributed by atoms with Crippen molar-refractivity contribution in [2.45, 2.75) is 32.0 Å². The molecule has 3 N–H and O–H groups in total. The Kier molecular flexibility index (Phi) is 4.81. The van der Waals surface area contributed by atoms with Gasteiger partial charge in [0, 0.05) is 25.6 Å². The molecule has 0 saturated carbocycles. The van der Waals surface area contributed by atoms with E-state index < -0.39 is 12.2 Å². The zero-order chi connectivity index (χ0) is 10.6. The molecule has 0 spiro atoms. The van der Waals surface area contributed by atoms with Gasteiger partial charge in [0.15, 0.2) is 0 Å². The number of aliphatic hydroxyl groups excluding tert-OH is 3. The third-order valence-electron chi connectivity index (χ3n) is 2.88. The molecule has 1 aliphatic rings. The van der Waals surface area contributed by atoms with E-state index in [-0.39, 0.29) is 12.5 Å². The minimum atomic E-state index is -0.766. The first-order valence-electron chi connectivity index (χ1n) is 5.38. The van der Waals surface area contributed by atoms with E-state index in [9.17, 15) is 10.2 Å². The van der Waals surface area contributed by atoms with Crippen LogP contribution in [-0.2, 0) is 0 Å². The summed E-state index contributed by atoms with van der Waals surface area (Å²) < 4.78 is 0. The Balaban J connectivity index is 2.41. The van der Waals surface area contributed by atoms with E-state index in [1.807, 2.05) is 0 Å². The molecule has 1 heterocycles. The Morgan fingerprint density at radius 2 is 2.00 bits per heavy atom. The van der Waals surface area contributed by atoms with Crippen LogP contribution < -0.4 is 0 Å². The van der Waals surface area contributed by atoms with Gasteiger partial charge in [-0.15, -0.1) is 0 Å². The summed E-state index contributed by atoms with van der Waals surface area (Å²) in [5.74, 6) is -0.199. The highest BCUT2D eigenvalue weighted by Crippen LogP contribution is 2.17. The van der Waals surface area contributed by atoms with E-state index in [2.05, 4.69) is 11.8 Å². The SMILES string of the molecule is CCCCN1CC(O)C(O)C(CO)C1. The first-order chi connectivity index (χ1) is 6.69. The van der Waals surface area contributed by atoms with E-state index in [4.69, 9.17) is 5.11 Å². The summed E-state index contributed by atoms with van der Waals surface area (Å²) in [6.45, 7) is 4.22. The number of nitrogens with zero attached hydrogens (tertiary/aromatic N) is 1. The van der Waals surface area contributed by atoms with E-state index >= 15 is 0 Å². The van der Waals surface area contributed by atoms with Crippen molar-refractivity contribution in [2.75, 3.05) is 26.2 Å². The summed E-state index contributed by atoms with van der Waals surface area (Å²) in [4.78, 5) is 2.11. The lowest BCUT2D eigenvalue weighted by molar-refractivity contribution is -0.0861. The third-order valence-corrected chi connectivity index (χ3v) is 2.88. The standard InChI is InChI=1S/C10H21NO3/c1-2-3-4-11-5-8(7-12)10(14)9(13)6-11/h8-10,12-14H,2-7H2,1H3. The molecule has 1 rings (SSSR count). The van der Waals surface area contributed by atoms with Gasteiger partial charge >= 0.3 is 0 Å². The summed E-state index contributed by atoms with van der Waals surface area (Å²) in [6.07, 6.45) is 0.746. The van der Waals surface area contributed by atoms with Crippen molar-refractivity contribution < 1.29 is 15.3 Å². The van der Waals surface area contributed by atoms with Crippen molar-refractivity contribution in [1.82, 2.24) is 4.90 Å². The van der Waals surface area contributed by atoms with E-state index in [0.717, 1.165) is 19.4 Å². The molecule has 1 saturated heterocycles. The van der Waals surface area contributed by atoms with Crippen molar-refractivity contribution in [3.05, 3.63) is 0 Å². The molecule has 14 heavy (non-hydrogen) atoms. The Bertz CT molecular complexity index is 165. The van der Waals surface area contributed by atoms with Crippen LogP contribution in [0.2, 0.25) is 0 Å². The second-order valence-electron chi connectivity index (χ2n) is 4.11. The Hall–Kier alpha value is -0.160. The topological polar surface area (TPSA) is 63.9 Å². The van der Waals surface area contributed by atoms with Gasteiger partial charge in [-0.1, -0.05) is 13.3 Å². The molecule has 0 aromatic carbocycles. The zero-order valence-corrected chi connectivity index (χ0v) is 8.76. The largest absolute Gasteiger partial charge is 0.396 e. The third kappa shape index (κ3) is 2.92. The maximum atomic E-state index is 9.55. The van der Waals surface area contributed by atoms with Crippen molar-refractivity contribution in [1.29, 1.82) is 0 Å². The van der Waals surface area contributed by atoms with Gasteiger partial charge in [0.25, 0.3) is 0 Å². The van der Waals surface area contributed by atoms with Crippen LogP contribution in [0.4, 0.5) is 0 Å². The van der Waals surface area contributed by atoms with Gasteiger partial charge in [-0.3, -0.25) is 0 Å². The monoisotopic (exact) mass is 203 g/mol. The fourth-order valence-electron chi connectivity index (χ4n) is 1.93. The van der Waals surface area contributed by atoms with Gasteiger partial charge in [-0.05, 0) is 13.0 Å². The smallest absolute Gasteiger partial charge is 0.0929 e. The van der Waals surface area contributed by atoms with Crippen LogP contribution in [0.5, 0.6) is 0 Å². The number of aliphatic hydroxyl groups is 3. The lowest BCUT2D eigenvalue weighted by atomic mass is 9.93. The van der Waals surface area contributed by atoms with Crippen molar-refractivity contribution >= 4 is 0 Å². The molecule has 0 radical (unpaired) electrons. The summed E-state index contributed by atoms with van der Waals surface area (Å²) >= 11 is 0. The predicted octanol–water partition coefficient (Wildman–Crippen LogP) is -0.568. The molecule has 0 amide bonds. The Morgan fingerprint density at radius 1 is 1.29 bits per heavy atom. The molecule has 0 bridgehead atoms. The molecule has 3 unspecified atom stereocenters. The molecule has 3 atom stereocenters. The van der Waals surface area contributed by atoms with Crippen LogP contribution in [0.1, 0.15) is 19.8 Å². The fraction of sp³-hybridized carbons (Fsp3) is 1.00. The van der Waals surface area contributed by atoms with E-state index in [1.54, 1.807) is 0 Å². The van der Waals surface area contributed by atoms with Crippen LogP contribution >= 0.6 is 0 Å². The maximum Gasteiger partial charge on any atom is 0.0929 e. The minimum Gasteiger partial charge on any atom is -0.396 e. The lowest BCUT2D eigenvalue weighted by Gasteiger charge is -2.38. The predicted molar refractivity (Wildman–Crippen MR) is 53.9 cm³/mol. The quantitative estimate of drug-likeness (QED) is 0.573. The van der Waals surface area contributed by atoms with Crippen LogP contribution in [0.3, 0.4) is 0 Å². The van der Waals surface area contributed by atoms with Crippen molar-refractivity contribution in [2.24, 2.45) is 5.92 Å². The zero-order valence-electron chi connectivity index (χ0n) is 8.76. The van der Waals surface area contributed by atoms with Gasteiger partial charge in [0.1, 0.15) is 0 Å². The van der Waals surface area contributed by atoms with Gasteiger partial charge < -0.3 is 20.2 Å². The number of rotatable bonds is 4. The number of β-amino-alcohol motifs (C(OH)–C–C–N with tert-alkyl or cyclic N) is 1. The molecule has 84 valence electrons. The maximum absolute atomic E-state index is 9.55. The van der Waals surface area contributed by atoms with Crippen molar-refractivity contribution in [3.8, 4) is 0 Å². The summed E-state index contributed by atoms with van der Waals surface area (Å²) in [5, 5.41) is 28.1. The fourth-order valence-corrected chi connectivity index (χ4v) is 1.93. The van der Waals surface area contributed by atoms with Gasteiger partial charge in [-0.25, -0.2) is 0 Å². The average molecular weight is 203 g/mol. The second-order valence-corrected chi connectivity index (χ2v) is 4.11. The van der Waals surface area contributed by atoms with Gasteiger partial charge in [-0.2, -0.15) is 0 Å². The van der Waals surface area contributed by atoms with Gasteiger partial charge in [0.05, 0.1) is 12.2 Å². The first-order valence-corrected chi connectivity index (χ1v) is 5.38. The molecular weight excluding hydrogens is 182 g/mol. The molecule has 1 aliphatic heterocycles. The molecule has 4 nitrogen and oxygen atoms in total. The molecule has 0 aliphatic carbocycles. The normalized spacial score (nSPS) is 34.7. The van der Waals surface area contributed by atoms with Crippen LogP contribution in [0.25, 0.3) is 0 Å². The average Bonchev–Trinajstić information content (AvgIpc) is 2.19. The number of piperidine rings is 1. The first kappa shape index (κ1) is 11.9. The van der Waals surface area contributed by atoms with Crippen molar-refractivity contribution in [3.63, 3.8) is 0 Å². The molecular formula is C10H21NO3. The summed E-state index contributed by atoms with van der Waals surface area (Å²) in [7, 11) is 0.